The van der Waals surface area contributed by atoms with Crippen LogP contribution in [0.5, 0.6) is 0 Å². The molecule has 9 atom stereocenters. The van der Waals surface area contributed by atoms with Crippen molar-refractivity contribution in [3.05, 3.63) is 12.2 Å². The Labute approximate surface area is 184 Å². The van der Waals surface area contributed by atoms with Crippen LogP contribution in [0, 0.1) is 51.7 Å². The first-order valence-corrected chi connectivity index (χ1v) is 12.8. The molecule has 0 aliphatic heterocycles. The van der Waals surface area contributed by atoms with Crippen molar-refractivity contribution in [2.24, 2.45) is 46.3 Å². The van der Waals surface area contributed by atoms with Crippen molar-refractivity contribution in [3.8, 4) is 0 Å². The highest BCUT2D eigenvalue weighted by Gasteiger charge is 2.56. The first-order valence-electron chi connectivity index (χ1n) is 12.8. The molecule has 0 aromatic rings. The minimum absolute atomic E-state index is 0.0627. The van der Waals surface area contributed by atoms with Crippen LogP contribution < -0.4 is 0 Å². The summed E-state index contributed by atoms with van der Waals surface area (Å²) in [6.45, 7) is 7.43. The number of aliphatic hydroxyl groups is 2. The standard InChI is InChI=1S/C27H45NO2/c1-18(4-9-25(30)19-5-6-19)22-7-8-24-21(13-17-28)23(12-16-27(22,24)3)26(2)14-10-20(29)11-15-26/h10,14,17-25,28-30H,4-9,11-13,15-16H2,1-3H3/t18-,20?,21?,22?,23?,24?,25?,26?,27?/m1/s1. The van der Waals surface area contributed by atoms with Crippen LogP contribution in [0.2, 0.25) is 0 Å². The summed E-state index contributed by atoms with van der Waals surface area (Å²) in [5.41, 5.74) is 0.564. The van der Waals surface area contributed by atoms with E-state index in [0.29, 0.717) is 29.1 Å². The predicted octanol–water partition coefficient (Wildman–Crippen LogP) is 5.99. The molecule has 0 saturated heterocycles. The van der Waals surface area contributed by atoms with Gasteiger partial charge in [0.1, 0.15) is 0 Å². The van der Waals surface area contributed by atoms with Crippen LogP contribution in [-0.2, 0) is 0 Å². The Morgan fingerprint density at radius 1 is 1.03 bits per heavy atom. The molecule has 3 heteroatoms. The quantitative estimate of drug-likeness (QED) is 0.337. The molecule has 0 aromatic carbocycles. The van der Waals surface area contributed by atoms with Gasteiger partial charge in [-0.1, -0.05) is 32.9 Å². The van der Waals surface area contributed by atoms with Crippen molar-refractivity contribution in [1.82, 2.24) is 0 Å². The van der Waals surface area contributed by atoms with E-state index in [1.54, 1.807) is 6.21 Å². The Kier molecular flexibility index (Phi) is 6.53. The first-order chi connectivity index (χ1) is 14.3. The van der Waals surface area contributed by atoms with E-state index >= 15 is 0 Å². The van der Waals surface area contributed by atoms with Gasteiger partial charge in [-0.2, -0.15) is 0 Å². The molecule has 170 valence electrons. The average molecular weight is 416 g/mol. The maximum Gasteiger partial charge on any atom is 0.0721 e. The number of nitrogens with one attached hydrogen (secondary N) is 1. The topological polar surface area (TPSA) is 64.3 Å². The van der Waals surface area contributed by atoms with Crippen LogP contribution >= 0.6 is 0 Å². The Hall–Kier alpha value is -0.670. The molecular weight excluding hydrogens is 370 g/mol. The van der Waals surface area contributed by atoms with Crippen molar-refractivity contribution in [3.63, 3.8) is 0 Å². The van der Waals surface area contributed by atoms with E-state index in [0.717, 1.165) is 37.5 Å². The molecule has 4 rings (SSSR count). The van der Waals surface area contributed by atoms with Crippen LogP contribution in [0.3, 0.4) is 0 Å². The molecule has 8 unspecified atom stereocenters. The minimum atomic E-state index is -0.268. The highest BCUT2D eigenvalue weighted by Crippen LogP contribution is 2.64. The van der Waals surface area contributed by atoms with Gasteiger partial charge in [0.2, 0.25) is 0 Å². The van der Waals surface area contributed by atoms with Crippen molar-refractivity contribution < 1.29 is 10.2 Å². The Balaban J connectivity index is 1.48. The normalized spacial score (nSPS) is 45.7. The molecule has 4 aliphatic rings. The van der Waals surface area contributed by atoms with Crippen molar-refractivity contribution in [2.75, 3.05) is 0 Å². The molecule has 30 heavy (non-hydrogen) atoms. The average Bonchev–Trinajstić information content (AvgIpc) is 3.50. The van der Waals surface area contributed by atoms with Crippen LogP contribution in [-0.4, -0.2) is 28.6 Å². The molecule has 0 spiro atoms. The van der Waals surface area contributed by atoms with Crippen LogP contribution in [0.25, 0.3) is 0 Å². The smallest absolute Gasteiger partial charge is 0.0721 e. The van der Waals surface area contributed by atoms with E-state index in [2.05, 4.69) is 26.8 Å². The fraction of sp³-hybridized carbons (Fsp3) is 0.889. The summed E-state index contributed by atoms with van der Waals surface area (Å²) >= 11 is 0. The molecule has 4 aliphatic carbocycles. The second kappa shape index (κ2) is 8.70. The Morgan fingerprint density at radius 3 is 2.43 bits per heavy atom. The first kappa shape index (κ1) is 22.5. The lowest BCUT2D eigenvalue weighted by Crippen LogP contribution is -2.47. The van der Waals surface area contributed by atoms with Gasteiger partial charge in [0.15, 0.2) is 0 Å². The third-order valence-electron chi connectivity index (χ3n) is 10.2. The number of fused-ring (bicyclic) bond motifs is 1. The zero-order valence-corrected chi connectivity index (χ0v) is 19.5. The summed E-state index contributed by atoms with van der Waals surface area (Å²) in [5, 5.41) is 28.3. The van der Waals surface area contributed by atoms with Crippen LogP contribution in [0.1, 0.15) is 91.4 Å². The van der Waals surface area contributed by atoms with Gasteiger partial charge >= 0.3 is 0 Å². The predicted molar refractivity (Wildman–Crippen MR) is 124 cm³/mol. The molecule has 0 aromatic heterocycles. The molecule has 0 amide bonds. The van der Waals surface area contributed by atoms with Gasteiger partial charge in [-0.05, 0) is 123 Å². The van der Waals surface area contributed by atoms with E-state index in [9.17, 15) is 10.2 Å². The van der Waals surface area contributed by atoms with E-state index in [1.165, 1.54) is 44.9 Å². The van der Waals surface area contributed by atoms with Gasteiger partial charge in [0.05, 0.1) is 12.2 Å². The lowest BCUT2D eigenvalue weighted by atomic mass is 9.50. The monoisotopic (exact) mass is 415 g/mol. The van der Waals surface area contributed by atoms with Gasteiger partial charge in [-0.25, -0.2) is 0 Å². The molecule has 3 fully saturated rings. The number of allylic oxidation sites excluding steroid dienone is 1. The van der Waals surface area contributed by atoms with Crippen molar-refractivity contribution in [2.45, 2.75) is 104 Å². The summed E-state index contributed by atoms with van der Waals surface area (Å²) in [5.74, 6) is 3.99. The van der Waals surface area contributed by atoms with Crippen LogP contribution in [0.15, 0.2) is 12.2 Å². The Bertz CT molecular complexity index is 643. The summed E-state index contributed by atoms with van der Waals surface area (Å²) in [6, 6.07) is 0. The molecule has 0 radical (unpaired) electrons. The number of hydrogen-bond donors (Lipinski definition) is 3. The largest absolute Gasteiger partial charge is 0.393 e. The molecular formula is C27H45NO2. The van der Waals surface area contributed by atoms with E-state index in [1.807, 2.05) is 6.08 Å². The maximum absolute atomic E-state index is 10.4. The second-order valence-corrected chi connectivity index (χ2v) is 12.0. The fourth-order valence-corrected chi connectivity index (χ4v) is 8.18. The molecule has 3 saturated carbocycles. The van der Waals surface area contributed by atoms with Gasteiger partial charge in [-0.15, -0.1) is 0 Å². The third-order valence-corrected chi connectivity index (χ3v) is 10.2. The number of hydrogen-bond acceptors (Lipinski definition) is 3. The van der Waals surface area contributed by atoms with Crippen LogP contribution in [0.4, 0.5) is 0 Å². The summed E-state index contributed by atoms with van der Waals surface area (Å²) < 4.78 is 0. The fourth-order valence-electron chi connectivity index (χ4n) is 8.18. The molecule has 0 heterocycles. The summed E-state index contributed by atoms with van der Waals surface area (Å²) in [4.78, 5) is 0. The van der Waals surface area contributed by atoms with Gasteiger partial charge in [-0.3, -0.25) is 0 Å². The second-order valence-electron chi connectivity index (χ2n) is 12.0. The lowest BCUT2D eigenvalue weighted by Gasteiger charge is -2.54. The van der Waals surface area contributed by atoms with Gasteiger partial charge < -0.3 is 15.6 Å². The summed E-state index contributed by atoms with van der Waals surface area (Å²) in [7, 11) is 0. The SMILES string of the molecule is C[C@H](CCC(O)C1CC1)C1CCC2C(CC=N)C(C3(C)C=CC(O)CC3)CCC21C. The molecule has 3 nitrogen and oxygen atoms in total. The third kappa shape index (κ3) is 4.18. The number of rotatable bonds is 8. The highest BCUT2D eigenvalue weighted by molar-refractivity contribution is 5.53. The highest BCUT2D eigenvalue weighted by atomic mass is 16.3. The van der Waals surface area contributed by atoms with E-state index in [-0.39, 0.29) is 17.6 Å². The summed E-state index contributed by atoms with van der Waals surface area (Å²) in [6.07, 6.45) is 18.4. The van der Waals surface area contributed by atoms with Gasteiger partial charge in [0, 0.05) is 0 Å². The maximum atomic E-state index is 10.4. The number of aliphatic hydroxyl groups excluding tert-OH is 2. The molecule has 3 N–H and O–H groups in total. The lowest BCUT2D eigenvalue weighted by molar-refractivity contribution is -0.0397. The van der Waals surface area contributed by atoms with Gasteiger partial charge in [0.25, 0.3) is 0 Å². The van der Waals surface area contributed by atoms with Crippen molar-refractivity contribution >= 4 is 6.21 Å². The van der Waals surface area contributed by atoms with Crippen molar-refractivity contribution in [1.29, 1.82) is 5.41 Å². The zero-order valence-electron chi connectivity index (χ0n) is 19.5. The molecule has 0 bridgehead atoms. The van der Waals surface area contributed by atoms with E-state index < -0.39 is 0 Å². The Morgan fingerprint density at radius 2 is 1.80 bits per heavy atom. The minimum Gasteiger partial charge on any atom is -0.393 e. The van der Waals surface area contributed by atoms with E-state index in [4.69, 9.17) is 5.41 Å². The zero-order chi connectivity index (χ0) is 21.5.